The third-order valence-electron chi connectivity index (χ3n) is 9.61. The largest absolute Gasteiger partial charge is 0.508 e. The number of phenolic OH excluding ortho intramolecular Hbond substituents is 2. The third kappa shape index (κ3) is 5.12. The topological polar surface area (TPSA) is 93.1 Å². The first-order valence-corrected chi connectivity index (χ1v) is 16.2. The monoisotopic (exact) mass is 638 g/mol. The van der Waals surface area contributed by atoms with Gasteiger partial charge in [-0.2, -0.15) is 0 Å². The predicted molar refractivity (Wildman–Crippen MR) is 184 cm³/mol. The lowest BCUT2D eigenvalue weighted by molar-refractivity contribution is 0.0224. The lowest BCUT2D eigenvalue weighted by atomic mass is 9.72. The molecule has 6 heteroatoms. The summed E-state index contributed by atoms with van der Waals surface area (Å²) in [6, 6.07) is 33.5. The molecule has 0 aromatic heterocycles. The van der Waals surface area contributed by atoms with E-state index in [2.05, 4.69) is 69.3 Å². The minimum atomic E-state index is -1.37. The molecule has 1 unspecified atom stereocenters. The molecule has 2 aliphatic heterocycles. The fraction of sp³-hybridized carbons (Fsp3) is 0.238. The van der Waals surface area contributed by atoms with Crippen LogP contribution in [-0.2, 0) is 16.8 Å². The van der Waals surface area contributed by atoms with Gasteiger partial charge in [0, 0.05) is 45.7 Å². The van der Waals surface area contributed by atoms with Crippen molar-refractivity contribution in [2.45, 2.75) is 52.6 Å². The van der Waals surface area contributed by atoms with Crippen molar-refractivity contribution in [2.24, 2.45) is 10.8 Å². The van der Waals surface area contributed by atoms with Crippen molar-refractivity contribution in [2.75, 3.05) is 0 Å². The average molecular weight is 639 g/mol. The van der Waals surface area contributed by atoms with Crippen molar-refractivity contribution < 1.29 is 29.3 Å². The van der Waals surface area contributed by atoms with Gasteiger partial charge in [0.1, 0.15) is 23.0 Å². The minimum Gasteiger partial charge on any atom is -0.508 e. The molecule has 242 valence electrons. The standard InChI is InChI=1S/C42H38O6/c1-40(2,3)37(26-9-7-6-8-10-26)27-13-11-25(12-14-27)24-41(4,5)38(45)28-15-18-32-31(21-28)39(46)48-42(32)33-19-16-29(43)22-35(33)47-36-23-30(44)17-20-34(36)42/h6-23,37,43-44H,24H2,1-5H3. The molecule has 5 aromatic rings. The van der Waals surface area contributed by atoms with E-state index in [9.17, 15) is 19.8 Å². The van der Waals surface area contributed by atoms with Gasteiger partial charge in [0.05, 0.1) is 5.56 Å². The van der Waals surface area contributed by atoms with Crippen molar-refractivity contribution in [1.29, 1.82) is 0 Å². The summed E-state index contributed by atoms with van der Waals surface area (Å²) < 4.78 is 12.2. The van der Waals surface area contributed by atoms with E-state index in [1.165, 1.54) is 35.4 Å². The highest BCUT2D eigenvalue weighted by Gasteiger charge is 2.54. The molecule has 7 rings (SSSR count). The van der Waals surface area contributed by atoms with Crippen LogP contribution in [0.15, 0.2) is 109 Å². The average Bonchev–Trinajstić information content (AvgIpc) is 3.32. The van der Waals surface area contributed by atoms with Gasteiger partial charge in [-0.15, -0.1) is 0 Å². The van der Waals surface area contributed by atoms with E-state index in [-0.39, 0.29) is 34.2 Å². The Bertz CT molecular complexity index is 2020. The van der Waals surface area contributed by atoms with Crippen LogP contribution in [0, 0.1) is 10.8 Å². The summed E-state index contributed by atoms with van der Waals surface area (Å²) in [5, 5.41) is 20.4. The van der Waals surface area contributed by atoms with Crippen LogP contribution >= 0.6 is 0 Å². The molecule has 2 N–H and O–H groups in total. The van der Waals surface area contributed by atoms with Gasteiger partial charge >= 0.3 is 5.97 Å². The summed E-state index contributed by atoms with van der Waals surface area (Å²) in [6.45, 7) is 10.6. The summed E-state index contributed by atoms with van der Waals surface area (Å²) in [5.41, 5.74) is 3.79. The number of aromatic hydroxyl groups is 2. The fourth-order valence-electron chi connectivity index (χ4n) is 7.49. The Hall–Kier alpha value is -5.36. The van der Waals surface area contributed by atoms with Gasteiger partial charge in [0.15, 0.2) is 11.4 Å². The number of rotatable bonds is 6. The second-order valence-corrected chi connectivity index (χ2v) is 14.6. The normalized spacial score (nSPS) is 15.1. The molecule has 48 heavy (non-hydrogen) atoms. The zero-order chi connectivity index (χ0) is 34.0. The maximum absolute atomic E-state index is 14.1. The van der Waals surface area contributed by atoms with Gasteiger partial charge in [-0.1, -0.05) is 101 Å². The zero-order valence-electron chi connectivity index (χ0n) is 27.7. The number of carbonyl (C=O) groups is 2. The lowest BCUT2D eigenvalue weighted by Crippen LogP contribution is -2.33. The van der Waals surface area contributed by atoms with Crippen LogP contribution < -0.4 is 4.74 Å². The van der Waals surface area contributed by atoms with Crippen molar-refractivity contribution in [3.05, 3.63) is 154 Å². The second-order valence-electron chi connectivity index (χ2n) is 14.6. The van der Waals surface area contributed by atoms with E-state index < -0.39 is 17.0 Å². The van der Waals surface area contributed by atoms with E-state index >= 15 is 0 Å². The summed E-state index contributed by atoms with van der Waals surface area (Å²) in [5.74, 6) is 0.155. The number of Topliss-reactive ketones (excluding diaryl/α,β-unsaturated/α-hetero) is 1. The van der Waals surface area contributed by atoms with E-state index in [0.717, 1.165) is 5.56 Å². The number of hydrogen-bond acceptors (Lipinski definition) is 6. The molecule has 2 heterocycles. The highest BCUT2D eigenvalue weighted by molar-refractivity contribution is 6.04. The van der Waals surface area contributed by atoms with Crippen LogP contribution in [0.4, 0.5) is 0 Å². The van der Waals surface area contributed by atoms with Crippen LogP contribution in [0.3, 0.4) is 0 Å². The van der Waals surface area contributed by atoms with Gasteiger partial charge in [-0.25, -0.2) is 4.79 Å². The molecule has 0 bridgehead atoms. The predicted octanol–water partition coefficient (Wildman–Crippen LogP) is 9.30. The Morgan fingerprint density at radius 2 is 1.27 bits per heavy atom. The number of fused-ring (bicyclic) bond motifs is 6. The number of benzene rings is 5. The highest BCUT2D eigenvalue weighted by Crippen LogP contribution is 2.57. The third-order valence-corrected chi connectivity index (χ3v) is 9.61. The molecule has 1 spiro atoms. The van der Waals surface area contributed by atoms with E-state index in [1.807, 2.05) is 19.9 Å². The lowest BCUT2D eigenvalue weighted by Gasteiger charge is -2.36. The van der Waals surface area contributed by atoms with Crippen LogP contribution in [0.2, 0.25) is 0 Å². The smallest absolute Gasteiger partial charge is 0.340 e. The fourth-order valence-corrected chi connectivity index (χ4v) is 7.49. The molecule has 2 aliphatic rings. The first-order chi connectivity index (χ1) is 22.8. The van der Waals surface area contributed by atoms with Crippen LogP contribution in [0.5, 0.6) is 23.0 Å². The summed E-state index contributed by atoms with van der Waals surface area (Å²) >= 11 is 0. The summed E-state index contributed by atoms with van der Waals surface area (Å²) in [7, 11) is 0. The molecule has 0 saturated carbocycles. The van der Waals surface area contributed by atoms with E-state index in [4.69, 9.17) is 9.47 Å². The molecule has 0 aliphatic carbocycles. The maximum atomic E-state index is 14.1. The quantitative estimate of drug-likeness (QED) is 0.142. The molecule has 0 radical (unpaired) electrons. The number of esters is 1. The Kier molecular flexibility index (Phi) is 7.24. The van der Waals surface area contributed by atoms with Gasteiger partial charge in [0.25, 0.3) is 0 Å². The molecule has 0 amide bonds. The van der Waals surface area contributed by atoms with Crippen molar-refractivity contribution >= 4 is 11.8 Å². The Morgan fingerprint density at radius 3 is 1.85 bits per heavy atom. The molecular formula is C42H38O6. The maximum Gasteiger partial charge on any atom is 0.340 e. The van der Waals surface area contributed by atoms with E-state index in [1.54, 1.807) is 30.3 Å². The molecular weight excluding hydrogens is 600 g/mol. The SMILES string of the molecule is CC(C)(Cc1ccc(C(c2ccccc2)C(C)(C)C)cc1)C(=O)c1ccc2c(c1)C(=O)OC21c2ccc(O)cc2Oc2cc(O)ccc21. The van der Waals surface area contributed by atoms with Crippen molar-refractivity contribution in [1.82, 2.24) is 0 Å². The van der Waals surface area contributed by atoms with Gasteiger partial charge in [0.2, 0.25) is 0 Å². The van der Waals surface area contributed by atoms with Gasteiger partial charge < -0.3 is 19.7 Å². The van der Waals surface area contributed by atoms with Crippen molar-refractivity contribution in [3.63, 3.8) is 0 Å². The zero-order valence-corrected chi connectivity index (χ0v) is 27.7. The van der Waals surface area contributed by atoms with Crippen LogP contribution in [0.1, 0.15) is 94.6 Å². The molecule has 6 nitrogen and oxygen atoms in total. The van der Waals surface area contributed by atoms with E-state index in [0.29, 0.717) is 40.2 Å². The van der Waals surface area contributed by atoms with Crippen LogP contribution in [-0.4, -0.2) is 22.0 Å². The number of phenols is 2. The van der Waals surface area contributed by atoms with Crippen molar-refractivity contribution in [3.8, 4) is 23.0 Å². The number of ketones is 1. The Morgan fingerprint density at radius 1 is 0.708 bits per heavy atom. The molecule has 5 aromatic carbocycles. The molecule has 0 fully saturated rings. The number of carbonyl (C=O) groups excluding carboxylic acids is 2. The summed E-state index contributed by atoms with van der Waals surface area (Å²) in [6.07, 6.45) is 0.522. The van der Waals surface area contributed by atoms with Crippen LogP contribution in [0.25, 0.3) is 0 Å². The number of hydrogen-bond donors (Lipinski definition) is 2. The van der Waals surface area contributed by atoms with Gasteiger partial charge in [-0.05, 0) is 58.9 Å². The Balaban J connectivity index is 1.20. The first kappa shape index (κ1) is 31.3. The van der Waals surface area contributed by atoms with Gasteiger partial charge in [-0.3, -0.25) is 4.79 Å². The number of ether oxygens (including phenoxy) is 2. The molecule has 0 saturated heterocycles. The second kappa shape index (κ2) is 11.1. The first-order valence-electron chi connectivity index (χ1n) is 16.2. The highest BCUT2D eigenvalue weighted by atomic mass is 16.6. The summed E-state index contributed by atoms with van der Waals surface area (Å²) in [4.78, 5) is 27.7. The minimum absolute atomic E-state index is 0.0138. The Labute approximate surface area is 280 Å². The molecule has 1 atom stereocenters.